The van der Waals surface area contributed by atoms with E-state index in [1.165, 1.54) is 12.8 Å². The van der Waals surface area contributed by atoms with Crippen LogP contribution in [0.15, 0.2) is 5.51 Å². The van der Waals surface area contributed by atoms with Gasteiger partial charge in [-0.1, -0.05) is 12.8 Å². The maximum atomic E-state index is 11.9. The van der Waals surface area contributed by atoms with Gasteiger partial charge in [0.25, 0.3) is 0 Å². The zero-order valence-corrected chi connectivity index (χ0v) is 11.6. The number of nitrogens with zero attached hydrogens (tertiary/aromatic N) is 1. The molecule has 2 rings (SSSR count). The van der Waals surface area contributed by atoms with Gasteiger partial charge in [-0.15, -0.1) is 11.3 Å². The Morgan fingerprint density at radius 2 is 2.33 bits per heavy atom. The van der Waals surface area contributed by atoms with Gasteiger partial charge in [0.15, 0.2) is 0 Å². The molecule has 4 nitrogen and oxygen atoms in total. The zero-order valence-electron chi connectivity index (χ0n) is 10.8. The standard InChI is InChI=1S/C13H21N3OS/c1-9-12(18-8-16-9)7-15-13(17)6-10-4-2-3-5-11(10)14/h8,10-11H,2-7,14H2,1H3,(H,15,17). The molecule has 1 fully saturated rings. The maximum Gasteiger partial charge on any atom is 0.220 e. The van der Waals surface area contributed by atoms with Crippen molar-refractivity contribution in [1.29, 1.82) is 0 Å². The predicted octanol–water partition coefficient (Wildman–Crippen LogP) is 1.98. The fourth-order valence-corrected chi connectivity index (χ4v) is 3.19. The van der Waals surface area contributed by atoms with Crippen molar-refractivity contribution in [2.45, 2.75) is 51.6 Å². The number of amides is 1. The largest absolute Gasteiger partial charge is 0.351 e. The van der Waals surface area contributed by atoms with E-state index in [2.05, 4.69) is 10.3 Å². The number of carbonyl (C=O) groups excluding carboxylic acids is 1. The Kier molecular flexibility index (Phi) is 4.72. The van der Waals surface area contributed by atoms with E-state index in [0.717, 1.165) is 23.4 Å². The van der Waals surface area contributed by atoms with Crippen molar-refractivity contribution in [2.24, 2.45) is 11.7 Å². The van der Waals surface area contributed by atoms with E-state index >= 15 is 0 Å². The number of nitrogens with two attached hydrogens (primary N) is 1. The smallest absolute Gasteiger partial charge is 0.220 e. The monoisotopic (exact) mass is 267 g/mol. The first-order chi connectivity index (χ1) is 8.66. The molecule has 100 valence electrons. The van der Waals surface area contributed by atoms with Gasteiger partial charge in [0.05, 0.1) is 17.7 Å². The quantitative estimate of drug-likeness (QED) is 0.876. The molecule has 18 heavy (non-hydrogen) atoms. The van der Waals surface area contributed by atoms with Crippen molar-refractivity contribution < 1.29 is 4.79 Å². The molecule has 1 heterocycles. The van der Waals surface area contributed by atoms with Gasteiger partial charge in [-0.3, -0.25) is 4.79 Å². The normalized spacial score (nSPS) is 23.9. The van der Waals surface area contributed by atoms with E-state index in [-0.39, 0.29) is 11.9 Å². The van der Waals surface area contributed by atoms with E-state index in [1.54, 1.807) is 11.3 Å². The summed E-state index contributed by atoms with van der Waals surface area (Å²) in [6.07, 6.45) is 5.14. The summed E-state index contributed by atoms with van der Waals surface area (Å²) >= 11 is 1.59. The van der Waals surface area contributed by atoms with Gasteiger partial charge in [-0.05, 0) is 25.7 Å². The van der Waals surface area contributed by atoms with Gasteiger partial charge in [0.2, 0.25) is 5.91 Å². The lowest BCUT2D eigenvalue weighted by Crippen LogP contribution is -2.36. The van der Waals surface area contributed by atoms with Crippen molar-refractivity contribution >= 4 is 17.2 Å². The molecule has 0 aromatic carbocycles. The molecular weight excluding hydrogens is 246 g/mol. The third kappa shape index (κ3) is 3.53. The molecule has 1 aliphatic rings. The summed E-state index contributed by atoms with van der Waals surface area (Å²) in [5.74, 6) is 0.478. The molecule has 0 radical (unpaired) electrons. The second-order valence-electron chi connectivity index (χ2n) is 5.05. The van der Waals surface area contributed by atoms with Gasteiger partial charge in [-0.25, -0.2) is 4.98 Å². The molecular formula is C13H21N3OS. The molecule has 0 aliphatic heterocycles. The number of hydrogen-bond acceptors (Lipinski definition) is 4. The van der Waals surface area contributed by atoms with Gasteiger partial charge in [0, 0.05) is 17.3 Å². The second-order valence-corrected chi connectivity index (χ2v) is 5.99. The van der Waals surface area contributed by atoms with Crippen LogP contribution in [0.5, 0.6) is 0 Å². The Morgan fingerprint density at radius 3 is 3.00 bits per heavy atom. The summed E-state index contributed by atoms with van der Waals surface area (Å²) in [5, 5.41) is 2.97. The average Bonchev–Trinajstić information content (AvgIpc) is 2.75. The van der Waals surface area contributed by atoms with Gasteiger partial charge < -0.3 is 11.1 Å². The summed E-state index contributed by atoms with van der Waals surface area (Å²) in [5.41, 5.74) is 8.88. The number of hydrogen-bond donors (Lipinski definition) is 2. The fraction of sp³-hybridized carbons (Fsp3) is 0.692. The topological polar surface area (TPSA) is 68.0 Å². The molecule has 1 aromatic heterocycles. The zero-order chi connectivity index (χ0) is 13.0. The first-order valence-corrected chi connectivity index (χ1v) is 7.46. The summed E-state index contributed by atoms with van der Waals surface area (Å²) in [6, 6.07) is 0.203. The highest BCUT2D eigenvalue weighted by Crippen LogP contribution is 2.25. The van der Waals surface area contributed by atoms with Crippen molar-refractivity contribution in [2.75, 3.05) is 0 Å². The molecule has 1 amide bonds. The van der Waals surface area contributed by atoms with Crippen molar-refractivity contribution in [1.82, 2.24) is 10.3 Å². The molecule has 1 saturated carbocycles. The van der Waals surface area contributed by atoms with Gasteiger partial charge in [-0.2, -0.15) is 0 Å². The third-order valence-corrected chi connectivity index (χ3v) is 4.64. The lowest BCUT2D eigenvalue weighted by molar-refractivity contribution is -0.122. The lowest BCUT2D eigenvalue weighted by atomic mass is 9.83. The van der Waals surface area contributed by atoms with Crippen molar-refractivity contribution in [3.05, 3.63) is 16.1 Å². The summed E-state index contributed by atoms with van der Waals surface area (Å²) in [7, 11) is 0. The van der Waals surface area contributed by atoms with Crippen LogP contribution >= 0.6 is 11.3 Å². The van der Waals surface area contributed by atoms with E-state index < -0.39 is 0 Å². The molecule has 2 unspecified atom stereocenters. The number of thiazole rings is 1. The number of nitrogens with one attached hydrogen (secondary N) is 1. The first-order valence-electron chi connectivity index (χ1n) is 6.58. The summed E-state index contributed by atoms with van der Waals surface area (Å²) in [6.45, 7) is 2.56. The molecule has 0 spiro atoms. The maximum absolute atomic E-state index is 11.9. The molecule has 5 heteroatoms. The van der Waals surface area contributed by atoms with Crippen LogP contribution in [0, 0.1) is 12.8 Å². The van der Waals surface area contributed by atoms with Crippen LogP contribution in [0.3, 0.4) is 0 Å². The molecule has 2 atom stereocenters. The second kappa shape index (κ2) is 6.29. The van der Waals surface area contributed by atoms with Crippen LogP contribution in [0.4, 0.5) is 0 Å². The van der Waals surface area contributed by atoms with E-state index in [4.69, 9.17) is 5.73 Å². The molecule has 1 aromatic rings. The van der Waals surface area contributed by atoms with Crippen molar-refractivity contribution in [3.8, 4) is 0 Å². The average molecular weight is 267 g/mol. The Labute approximate surface area is 112 Å². The van der Waals surface area contributed by atoms with E-state index in [0.29, 0.717) is 18.9 Å². The van der Waals surface area contributed by atoms with Crippen LogP contribution < -0.4 is 11.1 Å². The Morgan fingerprint density at radius 1 is 1.56 bits per heavy atom. The predicted molar refractivity (Wildman–Crippen MR) is 73.2 cm³/mol. The van der Waals surface area contributed by atoms with Crippen LogP contribution in [0.2, 0.25) is 0 Å². The fourth-order valence-electron chi connectivity index (χ4n) is 2.47. The molecule has 0 saturated heterocycles. The minimum absolute atomic E-state index is 0.116. The highest BCUT2D eigenvalue weighted by molar-refractivity contribution is 7.09. The Hall–Kier alpha value is -0.940. The number of carbonyl (C=O) groups is 1. The minimum Gasteiger partial charge on any atom is -0.351 e. The van der Waals surface area contributed by atoms with E-state index in [1.807, 2.05) is 12.4 Å². The lowest BCUT2D eigenvalue weighted by Gasteiger charge is -2.27. The number of aryl methyl sites for hydroxylation is 1. The summed E-state index contributed by atoms with van der Waals surface area (Å²) in [4.78, 5) is 17.2. The number of aromatic nitrogens is 1. The van der Waals surface area contributed by atoms with Crippen molar-refractivity contribution in [3.63, 3.8) is 0 Å². The van der Waals surface area contributed by atoms with Gasteiger partial charge in [0.1, 0.15) is 0 Å². The minimum atomic E-state index is 0.116. The van der Waals surface area contributed by atoms with Crippen LogP contribution in [-0.2, 0) is 11.3 Å². The van der Waals surface area contributed by atoms with Crippen LogP contribution in [0.25, 0.3) is 0 Å². The Bertz CT molecular complexity index is 405. The molecule has 3 N–H and O–H groups in total. The van der Waals surface area contributed by atoms with Gasteiger partial charge >= 0.3 is 0 Å². The highest BCUT2D eigenvalue weighted by atomic mass is 32.1. The summed E-state index contributed by atoms with van der Waals surface area (Å²) < 4.78 is 0. The Balaban J connectivity index is 1.76. The molecule has 1 aliphatic carbocycles. The third-order valence-electron chi connectivity index (χ3n) is 3.71. The SMILES string of the molecule is Cc1ncsc1CNC(=O)CC1CCCCC1N. The molecule has 0 bridgehead atoms. The number of rotatable bonds is 4. The van der Waals surface area contributed by atoms with Crippen LogP contribution in [0.1, 0.15) is 42.7 Å². The van der Waals surface area contributed by atoms with E-state index in [9.17, 15) is 4.79 Å². The highest BCUT2D eigenvalue weighted by Gasteiger charge is 2.24. The van der Waals surface area contributed by atoms with Crippen LogP contribution in [-0.4, -0.2) is 16.9 Å². The first kappa shape index (κ1) is 13.5.